The molecule has 2 heterocycles. The maximum Gasteiger partial charge on any atom is 0.153 e. The number of rotatable bonds is 3. The first-order valence-corrected chi connectivity index (χ1v) is 8.57. The van der Waals surface area contributed by atoms with Crippen LogP contribution in [0.15, 0.2) is 0 Å². The maximum atomic E-state index is 11.5. The molecule has 17 heavy (non-hydrogen) atoms. The first kappa shape index (κ1) is 13.3. The van der Waals surface area contributed by atoms with Crippen molar-refractivity contribution in [3.8, 4) is 0 Å². The summed E-state index contributed by atoms with van der Waals surface area (Å²) in [7, 11) is -2.78. The molecular formula is C12H24N2O2S. The minimum Gasteiger partial charge on any atom is -0.312 e. The summed E-state index contributed by atoms with van der Waals surface area (Å²) in [5.74, 6) is 0.638. The van der Waals surface area contributed by atoms with Crippen LogP contribution in [-0.4, -0.2) is 56.5 Å². The van der Waals surface area contributed by atoms with Gasteiger partial charge in [0.1, 0.15) is 0 Å². The number of sulfone groups is 1. The minimum absolute atomic E-state index is 0.169. The Morgan fingerprint density at radius 2 is 2.18 bits per heavy atom. The van der Waals surface area contributed by atoms with Gasteiger partial charge >= 0.3 is 0 Å². The molecule has 0 radical (unpaired) electrons. The third-order valence-electron chi connectivity index (χ3n) is 4.01. The zero-order chi connectivity index (χ0) is 12.3. The molecule has 2 saturated heterocycles. The zero-order valence-corrected chi connectivity index (χ0v) is 11.5. The molecule has 100 valence electrons. The molecule has 2 fully saturated rings. The van der Waals surface area contributed by atoms with Crippen LogP contribution in [0.4, 0.5) is 0 Å². The standard InChI is InChI=1S/C12H24N2O2S/c1-11-4-2-3-7-14(11)8-5-12-10-17(15,16)9-6-13-12/h11-13H,2-10H2,1H3. The van der Waals surface area contributed by atoms with Gasteiger partial charge in [-0.25, -0.2) is 8.42 Å². The Kier molecular flexibility index (Phi) is 4.44. The van der Waals surface area contributed by atoms with E-state index in [1.807, 2.05) is 0 Å². The number of hydrogen-bond acceptors (Lipinski definition) is 4. The molecule has 5 heteroatoms. The number of piperidine rings is 1. The second kappa shape index (κ2) is 5.67. The van der Waals surface area contributed by atoms with Gasteiger partial charge in [-0.3, -0.25) is 0 Å². The normalized spacial score (nSPS) is 34.6. The van der Waals surface area contributed by atoms with E-state index >= 15 is 0 Å². The molecule has 0 spiro atoms. The molecule has 0 aromatic carbocycles. The van der Waals surface area contributed by atoms with Gasteiger partial charge in [-0.15, -0.1) is 0 Å². The molecule has 0 bridgehead atoms. The first-order valence-electron chi connectivity index (χ1n) is 6.75. The van der Waals surface area contributed by atoms with Crippen LogP contribution >= 0.6 is 0 Å². The molecule has 2 rings (SSSR count). The van der Waals surface area contributed by atoms with Gasteiger partial charge in [0.2, 0.25) is 0 Å². The Balaban J connectivity index is 1.77. The molecule has 0 saturated carbocycles. The van der Waals surface area contributed by atoms with Crippen molar-refractivity contribution in [3.63, 3.8) is 0 Å². The number of nitrogens with one attached hydrogen (secondary N) is 1. The molecule has 4 nitrogen and oxygen atoms in total. The van der Waals surface area contributed by atoms with Crippen LogP contribution in [0.1, 0.15) is 32.6 Å². The number of nitrogens with zero attached hydrogens (tertiary/aromatic N) is 1. The van der Waals surface area contributed by atoms with Crippen LogP contribution in [0, 0.1) is 0 Å². The Morgan fingerprint density at radius 1 is 1.35 bits per heavy atom. The summed E-state index contributed by atoms with van der Waals surface area (Å²) in [6.45, 7) is 5.13. The molecule has 0 aromatic rings. The first-order chi connectivity index (χ1) is 8.07. The van der Waals surface area contributed by atoms with Crippen LogP contribution in [0.3, 0.4) is 0 Å². The third-order valence-corrected chi connectivity index (χ3v) is 5.74. The van der Waals surface area contributed by atoms with Gasteiger partial charge in [-0.1, -0.05) is 6.42 Å². The van der Waals surface area contributed by atoms with E-state index in [0.29, 0.717) is 24.1 Å². The van der Waals surface area contributed by atoms with Crippen LogP contribution in [0.2, 0.25) is 0 Å². The maximum absolute atomic E-state index is 11.5. The van der Waals surface area contributed by atoms with Crippen molar-refractivity contribution in [2.75, 3.05) is 31.1 Å². The zero-order valence-electron chi connectivity index (χ0n) is 10.7. The molecule has 2 aliphatic heterocycles. The van der Waals surface area contributed by atoms with Gasteiger partial charge in [0.05, 0.1) is 11.5 Å². The van der Waals surface area contributed by atoms with Gasteiger partial charge in [-0.05, 0) is 39.3 Å². The Morgan fingerprint density at radius 3 is 2.88 bits per heavy atom. The molecule has 2 unspecified atom stereocenters. The highest BCUT2D eigenvalue weighted by Gasteiger charge is 2.25. The van der Waals surface area contributed by atoms with E-state index in [-0.39, 0.29) is 6.04 Å². The highest BCUT2D eigenvalue weighted by molar-refractivity contribution is 7.91. The summed E-state index contributed by atoms with van der Waals surface area (Å²) >= 11 is 0. The summed E-state index contributed by atoms with van der Waals surface area (Å²) in [5, 5.41) is 3.32. The largest absolute Gasteiger partial charge is 0.312 e. The number of hydrogen-bond donors (Lipinski definition) is 1. The predicted molar refractivity (Wildman–Crippen MR) is 69.9 cm³/mol. The van der Waals surface area contributed by atoms with Crippen LogP contribution in [0.25, 0.3) is 0 Å². The molecule has 1 N–H and O–H groups in total. The lowest BCUT2D eigenvalue weighted by Crippen LogP contribution is -2.47. The summed E-state index contributed by atoms with van der Waals surface area (Å²) in [4.78, 5) is 2.51. The Hall–Kier alpha value is -0.130. The summed E-state index contributed by atoms with van der Waals surface area (Å²) in [5.41, 5.74) is 0. The monoisotopic (exact) mass is 260 g/mol. The van der Waals surface area contributed by atoms with Crippen molar-refractivity contribution in [1.82, 2.24) is 10.2 Å². The summed E-state index contributed by atoms with van der Waals surface area (Å²) in [6.07, 6.45) is 4.88. The second-order valence-electron chi connectivity index (χ2n) is 5.43. The average Bonchev–Trinajstić information content (AvgIpc) is 2.27. The van der Waals surface area contributed by atoms with Crippen LogP contribution in [-0.2, 0) is 9.84 Å². The fraction of sp³-hybridized carbons (Fsp3) is 1.00. The van der Waals surface area contributed by atoms with Crippen LogP contribution < -0.4 is 5.32 Å². The van der Waals surface area contributed by atoms with Gasteiger partial charge < -0.3 is 10.2 Å². The summed E-state index contributed by atoms with van der Waals surface area (Å²) in [6, 6.07) is 0.840. The lowest BCUT2D eigenvalue weighted by atomic mass is 10.0. The van der Waals surface area contributed by atoms with E-state index in [2.05, 4.69) is 17.1 Å². The fourth-order valence-electron chi connectivity index (χ4n) is 2.86. The van der Waals surface area contributed by atoms with Gasteiger partial charge in [0.15, 0.2) is 9.84 Å². The predicted octanol–water partition coefficient (Wildman–Crippen LogP) is 0.638. The van der Waals surface area contributed by atoms with Crippen LogP contribution in [0.5, 0.6) is 0 Å². The number of likely N-dealkylation sites (tertiary alicyclic amines) is 1. The van der Waals surface area contributed by atoms with E-state index in [1.165, 1.54) is 25.8 Å². The van der Waals surface area contributed by atoms with Gasteiger partial charge in [0.25, 0.3) is 0 Å². The lowest BCUT2D eigenvalue weighted by Gasteiger charge is -2.35. The highest BCUT2D eigenvalue weighted by atomic mass is 32.2. The highest BCUT2D eigenvalue weighted by Crippen LogP contribution is 2.17. The topological polar surface area (TPSA) is 49.4 Å². The minimum atomic E-state index is -2.78. The second-order valence-corrected chi connectivity index (χ2v) is 7.66. The van der Waals surface area contributed by atoms with Crippen molar-refractivity contribution in [2.45, 2.75) is 44.7 Å². The third kappa shape index (κ3) is 3.93. The van der Waals surface area contributed by atoms with E-state index in [9.17, 15) is 8.42 Å². The summed E-state index contributed by atoms with van der Waals surface area (Å²) < 4.78 is 23.0. The smallest absolute Gasteiger partial charge is 0.153 e. The average molecular weight is 260 g/mol. The molecule has 0 aromatic heterocycles. The Bertz CT molecular complexity index is 342. The molecule has 0 aliphatic carbocycles. The van der Waals surface area contributed by atoms with Gasteiger partial charge in [-0.2, -0.15) is 0 Å². The van der Waals surface area contributed by atoms with E-state index < -0.39 is 9.84 Å². The van der Waals surface area contributed by atoms with E-state index in [0.717, 1.165) is 13.0 Å². The van der Waals surface area contributed by atoms with Crippen molar-refractivity contribution < 1.29 is 8.42 Å². The van der Waals surface area contributed by atoms with Crippen molar-refractivity contribution in [3.05, 3.63) is 0 Å². The van der Waals surface area contributed by atoms with E-state index in [1.54, 1.807) is 0 Å². The van der Waals surface area contributed by atoms with Crippen molar-refractivity contribution >= 4 is 9.84 Å². The van der Waals surface area contributed by atoms with Crippen molar-refractivity contribution in [1.29, 1.82) is 0 Å². The van der Waals surface area contributed by atoms with Gasteiger partial charge in [0, 0.05) is 18.6 Å². The quantitative estimate of drug-likeness (QED) is 0.809. The molecule has 2 aliphatic rings. The Labute approximate surface area is 105 Å². The molecule has 0 amide bonds. The lowest BCUT2D eigenvalue weighted by molar-refractivity contribution is 0.154. The fourth-order valence-corrected chi connectivity index (χ4v) is 4.36. The van der Waals surface area contributed by atoms with Crippen molar-refractivity contribution in [2.24, 2.45) is 0 Å². The SMILES string of the molecule is CC1CCCCN1CCC1CS(=O)(=O)CCN1. The molecular weight excluding hydrogens is 236 g/mol. The molecule has 2 atom stereocenters. The van der Waals surface area contributed by atoms with E-state index in [4.69, 9.17) is 0 Å².